The molecular formula is C7H5N7. The summed E-state index contributed by atoms with van der Waals surface area (Å²) in [4.78, 5) is 18.9. The molecule has 14 heavy (non-hydrogen) atoms. The fourth-order valence-electron chi connectivity index (χ4n) is 1.24. The van der Waals surface area contributed by atoms with Crippen molar-refractivity contribution in [3.8, 4) is 5.82 Å². The topological polar surface area (TPSA) is 85.2 Å². The van der Waals surface area contributed by atoms with Crippen molar-refractivity contribution in [1.29, 1.82) is 0 Å². The molecule has 0 radical (unpaired) electrons. The van der Waals surface area contributed by atoms with Crippen molar-refractivity contribution < 1.29 is 0 Å². The van der Waals surface area contributed by atoms with Crippen LogP contribution in [0.15, 0.2) is 25.3 Å². The molecule has 0 saturated carbocycles. The highest BCUT2D eigenvalue weighted by molar-refractivity contribution is 5.77. The second-order valence-electron chi connectivity index (χ2n) is 2.64. The Balaban J connectivity index is 2.36. The molecule has 0 aliphatic heterocycles. The first-order valence-corrected chi connectivity index (χ1v) is 3.94. The van der Waals surface area contributed by atoms with Crippen LogP contribution in [-0.2, 0) is 0 Å². The predicted octanol–water partition coefficient (Wildman–Crippen LogP) is -0.0664. The molecule has 0 aliphatic rings. The van der Waals surface area contributed by atoms with Crippen LogP contribution in [-0.4, -0.2) is 34.7 Å². The lowest BCUT2D eigenvalue weighted by Crippen LogP contribution is -1.99. The Hall–Kier alpha value is -2.31. The van der Waals surface area contributed by atoms with Gasteiger partial charge in [-0.05, 0) is 0 Å². The average Bonchev–Trinajstić information content (AvgIpc) is 2.88. The number of aromatic amines is 1. The summed E-state index contributed by atoms with van der Waals surface area (Å²) in [6, 6.07) is 0. The summed E-state index contributed by atoms with van der Waals surface area (Å²) in [5.74, 6) is 0.644. The summed E-state index contributed by atoms with van der Waals surface area (Å²) in [5.41, 5.74) is 1.36. The van der Waals surface area contributed by atoms with Crippen LogP contribution in [0.2, 0.25) is 0 Å². The highest BCUT2D eigenvalue weighted by Crippen LogP contribution is 2.11. The normalized spacial score (nSPS) is 10.9. The van der Waals surface area contributed by atoms with Gasteiger partial charge in [0.05, 0.1) is 6.33 Å². The van der Waals surface area contributed by atoms with E-state index in [0.29, 0.717) is 11.5 Å². The minimum absolute atomic E-state index is 0.616. The minimum atomic E-state index is 0.616. The molecular weight excluding hydrogens is 182 g/mol. The number of fused-ring (bicyclic) bond motifs is 1. The number of hydrogen-bond donors (Lipinski definition) is 1. The molecule has 0 fully saturated rings. The Morgan fingerprint density at radius 2 is 2.14 bits per heavy atom. The van der Waals surface area contributed by atoms with E-state index in [2.05, 4.69) is 30.0 Å². The van der Waals surface area contributed by atoms with Crippen LogP contribution in [0.4, 0.5) is 0 Å². The number of nitrogens with one attached hydrogen (secondary N) is 1. The van der Waals surface area contributed by atoms with Gasteiger partial charge < -0.3 is 4.98 Å². The van der Waals surface area contributed by atoms with E-state index in [1.807, 2.05) is 0 Å². The van der Waals surface area contributed by atoms with E-state index in [1.54, 1.807) is 17.3 Å². The summed E-state index contributed by atoms with van der Waals surface area (Å²) in [5, 5.41) is 3.98. The fourth-order valence-corrected chi connectivity index (χ4v) is 1.24. The van der Waals surface area contributed by atoms with Crippen molar-refractivity contribution in [2.45, 2.75) is 0 Å². The summed E-state index contributed by atoms with van der Waals surface area (Å²) in [6.45, 7) is 0. The zero-order chi connectivity index (χ0) is 9.38. The molecule has 1 N–H and O–H groups in total. The molecule has 0 aromatic carbocycles. The van der Waals surface area contributed by atoms with Crippen LogP contribution in [0.1, 0.15) is 0 Å². The summed E-state index contributed by atoms with van der Waals surface area (Å²) >= 11 is 0. The van der Waals surface area contributed by atoms with Crippen molar-refractivity contribution in [2.24, 2.45) is 0 Å². The van der Waals surface area contributed by atoms with E-state index in [0.717, 1.165) is 5.52 Å². The maximum atomic E-state index is 4.10. The van der Waals surface area contributed by atoms with Gasteiger partial charge in [-0.15, -0.1) is 0 Å². The van der Waals surface area contributed by atoms with Gasteiger partial charge >= 0.3 is 0 Å². The molecule has 0 saturated heterocycles. The van der Waals surface area contributed by atoms with E-state index < -0.39 is 0 Å². The van der Waals surface area contributed by atoms with E-state index in [9.17, 15) is 0 Å². The molecule has 3 aromatic rings. The van der Waals surface area contributed by atoms with Crippen molar-refractivity contribution in [3.05, 3.63) is 25.3 Å². The molecule has 0 aliphatic carbocycles. The highest BCUT2D eigenvalue weighted by atomic mass is 15.3. The van der Waals surface area contributed by atoms with Gasteiger partial charge in [0.25, 0.3) is 0 Å². The monoisotopic (exact) mass is 187 g/mol. The Morgan fingerprint density at radius 1 is 1.14 bits per heavy atom. The van der Waals surface area contributed by atoms with Gasteiger partial charge in [-0.2, -0.15) is 5.10 Å². The van der Waals surface area contributed by atoms with Gasteiger partial charge in [0, 0.05) is 0 Å². The Labute approximate surface area is 77.9 Å². The third-order valence-electron chi connectivity index (χ3n) is 1.84. The van der Waals surface area contributed by atoms with E-state index in [-0.39, 0.29) is 0 Å². The number of hydrogen-bond acceptors (Lipinski definition) is 5. The Kier molecular flexibility index (Phi) is 1.32. The lowest BCUT2D eigenvalue weighted by molar-refractivity contribution is 0.847. The van der Waals surface area contributed by atoms with Gasteiger partial charge in [0.2, 0.25) is 0 Å². The van der Waals surface area contributed by atoms with Crippen molar-refractivity contribution in [1.82, 2.24) is 34.7 Å². The molecule has 3 aromatic heterocycles. The summed E-state index contributed by atoms with van der Waals surface area (Å²) < 4.78 is 1.56. The van der Waals surface area contributed by atoms with Crippen LogP contribution in [0.5, 0.6) is 0 Å². The first kappa shape index (κ1) is 7.13. The first-order chi connectivity index (χ1) is 6.95. The number of H-pyrrole nitrogens is 1. The van der Waals surface area contributed by atoms with Crippen LogP contribution in [0.25, 0.3) is 17.0 Å². The zero-order valence-electron chi connectivity index (χ0n) is 6.99. The molecule has 7 nitrogen and oxygen atoms in total. The third-order valence-corrected chi connectivity index (χ3v) is 1.84. The van der Waals surface area contributed by atoms with Gasteiger partial charge in [-0.3, -0.25) is 0 Å². The molecule has 0 bridgehead atoms. The van der Waals surface area contributed by atoms with Crippen molar-refractivity contribution >= 4 is 11.2 Å². The maximum absolute atomic E-state index is 4.10. The molecule has 0 amide bonds. The molecule has 0 atom stereocenters. The Morgan fingerprint density at radius 3 is 3.00 bits per heavy atom. The first-order valence-electron chi connectivity index (χ1n) is 3.94. The molecule has 0 spiro atoms. The van der Waals surface area contributed by atoms with Crippen LogP contribution in [0.3, 0.4) is 0 Å². The number of aromatic nitrogens is 7. The minimum Gasteiger partial charge on any atom is -0.340 e. The van der Waals surface area contributed by atoms with Gasteiger partial charge in [0.15, 0.2) is 11.5 Å². The van der Waals surface area contributed by atoms with Crippen LogP contribution < -0.4 is 0 Å². The Bertz CT molecular complexity index is 552. The highest BCUT2D eigenvalue weighted by Gasteiger charge is 2.07. The largest absolute Gasteiger partial charge is 0.340 e. The van der Waals surface area contributed by atoms with E-state index in [1.165, 1.54) is 12.7 Å². The van der Waals surface area contributed by atoms with Crippen molar-refractivity contribution in [3.63, 3.8) is 0 Å². The lowest BCUT2D eigenvalue weighted by atomic mass is 10.5. The molecule has 3 rings (SSSR count). The van der Waals surface area contributed by atoms with Crippen molar-refractivity contribution in [2.75, 3.05) is 0 Å². The second kappa shape index (κ2) is 2.59. The van der Waals surface area contributed by atoms with E-state index in [4.69, 9.17) is 0 Å². The maximum Gasteiger partial charge on any atom is 0.184 e. The van der Waals surface area contributed by atoms with Gasteiger partial charge in [-0.25, -0.2) is 24.6 Å². The number of rotatable bonds is 1. The van der Waals surface area contributed by atoms with E-state index >= 15 is 0 Å². The zero-order valence-corrected chi connectivity index (χ0v) is 6.99. The van der Waals surface area contributed by atoms with Gasteiger partial charge in [0.1, 0.15) is 24.5 Å². The van der Waals surface area contributed by atoms with Crippen LogP contribution >= 0.6 is 0 Å². The molecule has 7 heteroatoms. The third kappa shape index (κ3) is 0.889. The molecule has 68 valence electrons. The number of nitrogens with zero attached hydrogens (tertiary/aromatic N) is 6. The molecule has 0 unspecified atom stereocenters. The summed E-state index contributed by atoms with van der Waals surface area (Å²) in [7, 11) is 0. The summed E-state index contributed by atoms with van der Waals surface area (Å²) in [6.07, 6.45) is 6.03. The quantitative estimate of drug-likeness (QED) is 0.576. The SMILES string of the molecule is c1nc(-n2cncn2)c2[nH]cnc2n1. The fraction of sp³-hybridized carbons (Fsp3) is 0. The molecule has 3 heterocycles. The van der Waals surface area contributed by atoms with Gasteiger partial charge in [-0.1, -0.05) is 0 Å². The predicted molar refractivity (Wildman–Crippen MR) is 46.6 cm³/mol. The van der Waals surface area contributed by atoms with Crippen LogP contribution in [0, 0.1) is 0 Å². The lowest BCUT2D eigenvalue weighted by Gasteiger charge is -1.98. The number of imidazole rings is 1. The average molecular weight is 187 g/mol. The standard InChI is InChI=1S/C7H5N7/c1-8-4-14(13-1)7-5-6(10-2-9-5)11-3-12-7/h1-4H,(H,9,10,11,12). The second-order valence-corrected chi connectivity index (χ2v) is 2.64. The smallest absolute Gasteiger partial charge is 0.184 e.